The first-order valence-electron chi connectivity index (χ1n) is 12.4. The van der Waals surface area contributed by atoms with Gasteiger partial charge in [-0.15, -0.1) is 0 Å². The normalized spacial score (nSPS) is 13.2. The molecule has 1 aliphatic heterocycles. The average Bonchev–Trinajstić information content (AvgIpc) is 3.15. The Hall–Kier alpha value is -4.43. The van der Waals surface area contributed by atoms with E-state index in [4.69, 9.17) is 21.1 Å². The van der Waals surface area contributed by atoms with Gasteiger partial charge in [0.15, 0.2) is 0 Å². The summed E-state index contributed by atoms with van der Waals surface area (Å²) in [5, 5.41) is 2.59. The number of halogens is 1. The Morgan fingerprint density at radius 2 is 1.54 bits per heavy atom. The zero-order valence-electron chi connectivity index (χ0n) is 21.7. The van der Waals surface area contributed by atoms with Crippen LogP contribution in [0, 0.1) is 0 Å². The fourth-order valence-electron chi connectivity index (χ4n) is 3.81. The Morgan fingerprint density at radius 1 is 0.897 bits per heavy atom. The summed E-state index contributed by atoms with van der Waals surface area (Å²) in [6, 6.07) is 19.5. The van der Waals surface area contributed by atoms with E-state index in [2.05, 4.69) is 19.2 Å². The van der Waals surface area contributed by atoms with Gasteiger partial charge in [-0.25, -0.2) is 14.5 Å². The van der Waals surface area contributed by atoms with Crippen LogP contribution in [0.1, 0.15) is 59.4 Å². The van der Waals surface area contributed by atoms with Crippen molar-refractivity contribution in [1.29, 1.82) is 0 Å². The van der Waals surface area contributed by atoms with Crippen molar-refractivity contribution in [2.24, 2.45) is 0 Å². The second-order valence-corrected chi connectivity index (χ2v) is 9.51. The standard InChI is InChI=1S/C30H27ClN2O6/c1-4-16-38-29(36)19-10-14-23(15-11-19)33-27(34)25(31)26(28(33)35)32-22-12-8-20(9-13-22)30(37)39-24-7-5-6-21(17-24)18(2)3/h5-15,17-18,32H,4,16H2,1-3H3. The minimum absolute atomic E-state index is 0.103. The molecular formula is C30H27ClN2O6. The van der Waals surface area contributed by atoms with Gasteiger partial charge in [0.1, 0.15) is 16.5 Å². The fourth-order valence-corrected chi connectivity index (χ4v) is 4.02. The number of carbonyl (C=O) groups excluding carboxylic acids is 4. The molecular weight excluding hydrogens is 520 g/mol. The van der Waals surface area contributed by atoms with Crippen molar-refractivity contribution >= 4 is 46.7 Å². The Bertz CT molecular complexity index is 1450. The number of amides is 2. The number of imide groups is 1. The monoisotopic (exact) mass is 546 g/mol. The first-order valence-corrected chi connectivity index (χ1v) is 12.8. The Morgan fingerprint density at radius 3 is 2.18 bits per heavy atom. The topological polar surface area (TPSA) is 102 Å². The number of nitrogens with zero attached hydrogens (tertiary/aromatic N) is 1. The van der Waals surface area contributed by atoms with Crippen molar-refractivity contribution in [1.82, 2.24) is 0 Å². The maximum Gasteiger partial charge on any atom is 0.343 e. The molecule has 0 saturated carbocycles. The quantitative estimate of drug-likeness (QED) is 0.198. The minimum atomic E-state index is -0.700. The number of hydrogen-bond acceptors (Lipinski definition) is 7. The Balaban J connectivity index is 1.43. The summed E-state index contributed by atoms with van der Waals surface area (Å²) in [4.78, 5) is 51.4. The van der Waals surface area contributed by atoms with E-state index in [1.165, 1.54) is 24.3 Å². The molecule has 0 radical (unpaired) electrons. The number of hydrogen-bond donors (Lipinski definition) is 1. The van der Waals surface area contributed by atoms with Crippen LogP contribution in [0.25, 0.3) is 0 Å². The van der Waals surface area contributed by atoms with E-state index in [1.54, 1.807) is 30.3 Å². The van der Waals surface area contributed by atoms with Crippen molar-refractivity contribution in [3.05, 3.63) is 100 Å². The lowest BCUT2D eigenvalue weighted by atomic mass is 10.0. The summed E-state index contributed by atoms with van der Waals surface area (Å²) in [5.41, 5.74) is 2.26. The Kier molecular flexibility index (Phi) is 8.46. The molecule has 1 N–H and O–H groups in total. The van der Waals surface area contributed by atoms with E-state index in [0.29, 0.717) is 41.5 Å². The van der Waals surface area contributed by atoms with Crippen molar-refractivity contribution in [2.75, 3.05) is 16.8 Å². The molecule has 0 fully saturated rings. The molecule has 39 heavy (non-hydrogen) atoms. The van der Waals surface area contributed by atoms with E-state index >= 15 is 0 Å². The number of benzene rings is 3. The lowest BCUT2D eigenvalue weighted by Crippen LogP contribution is -2.32. The van der Waals surface area contributed by atoms with Crippen LogP contribution in [0.2, 0.25) is 0 Å². The van der Waals surface area contributed by atoms with Crippen LogP contribution in [0.4, 0.5) is 11.4 Å². The summed E-state index contributed by atoms with van der Waals surface area (Å²) in [5.74, 6) is -1.62. The van der Waals surface area contributed by atoms with Gasteiger partial charge in [0.25, 0.3) is 11.8 Å². The molecule has 0 saturated heterocycles. The lowest BCUT2D eigenvalue weighted by molar-refractivity contribution is -0.120. The predicted molar refractivity (Wildman–Crippen MR) is 148 cm³/mol. The van der Waals surface area contributed by atoms with Crippen molar-refractivity contribution < 1.29 is 28.7 Å². The number of nitrogens with one attached hydrogen (secondary N) is 1. The smallest absolute Gasteiger partial charge is 0.343 e. The van der Waals surface area contributed by atoms with Crippen LogP contribution in [0.15, 0.2) is 83.5 Å². The van der Waals surface area contributed by atoms with Crippen LogP contribution < -0.4 is 15.0 Å². The third kappa shape index (κ3) is 6.18. The highest BCUT2D eigenvalue weighted by Crippen LogP contribution is 2.30. The highest BCUT2D eigenvalue weighted by Gasteiger charge is 2.39. The Labute approximate surface area is 231 Å². The van der Waals surface area contributed by atoms with Crippen LogP contribution in [0.3, 0.4) is 0 Å². The zero-order valence-corrected chi connectivity index (χ0v) is 22.5. The summed E-state index contributed by atoms with van der Waals surface area (Å²) in [6.07, 6.45) is 0.695. The highest BCUT2D eigenvalue weighted by atomic mass is 35.5. The SMILES string of the molecule is CCCOC(=O)c1ccc(N2C(=O)C(Cl)=C(Nc3ccc(C(=O)Oc4cccc(C(C)C)c4)cc3)C2=O)cc1. The van der Waals surface area contributed by atoms with Gasteiger partial charge in [-0.05, 0) is 78.6 Å². The van der Waals surface area contributed by atoms with Crippen LogP contribution in [0.5, 0.6) is 5.75 Å². The molecule has 2 amide bonds. The maximum atomic E-state index is 13.1. The number of esters is 2. The fraction of sp³-hybridized carbons (Fsp3) is 0.200. The first kappa shape index (κ1) is 27.6. The average molecular weight is 547 g/mol. The molecule has 3 aromatic rings. The van der Waals surface area contributed by atoms with Gasteiger partial charge in [0, 0.05) is 5.69 Å². The molecule has 0 aromatic heterocycles. The molecule has 0 spiro atoms. The third-order valence-electron chi connectivity index (χ3n) is 5.95. The maximum absolute atomic E-state index is 13.1. The largest absolute Gasteiger partial charge is 0.462 e. The number of rotatable bonds is 9. The van der Waals surface area contributed by atoms with Gasteiger partial charge >= 0.3 is 11.9 Å². The third-order valence-corrected chi connectivity index (χ3v) is 6.30. The molecule has 0 aliphatic carbocycles. The lowest BCUT2D eigenvalue weighted by Gasteiger charge is -2.15. The summed E-state index contributed by atoms with van der Waals surface area (Å²) in [6.45, 7) is 6.30. The van der Waals surface area contributed by atoms with E-state index < -0.39 is 23.8 Å². The van der Waals surface area contributed by atoms with E-state index in [0.717, 1.165) is 10.5 Å². The molecule has 0 bridgehead atoms. The van der Waals surface area contributed by atoms with Crippen molar-refractivity contribution in [2.45, 2.75) is 33.1 Å². The molecule has 0 atom stereocenters. The molecule has 200 valence electrons. The summed E-state index contributed by atoms with van der Waals surface area (Å²) >= 11 is 6.22. The van der Waals surface area contributed by atoms with Crippen molar-refractivity contribution in [3.63, 3.8) is 0 Å². The van der Waals surface area contributed by atoms with Gasteiger partial charge < -0.3 is 14.8 Å². The molecule has 8 nitrogen and oxygen atoms in total. The highest BCUT2D eigenvalue weighted by molar-refractivity contribution is 6.53. The summed E-state index contributed by atoms with van der Waals surface area (Å²) in [7, 11) is 0. The van der Waals surface area contributed by atoms with Gasteiger partial charge in [0.2, 0.25) is 0 Å². The summed E-state index contributed by atoms with van der Waals surface area (Å²) < 4.78 is 10.6. The molecule has 4 rings (SSSR count). The molecule has 1 heterocycles. The molecule has 0 unspecified atom stereocenters. The van der Waals surface area contributed by atoms with Crippen LogP contribution >= 0.6 is 11.6 Å². The molecule has 3 aromatic carbocycles. The van der Waals surface area contributed by atoms with Gasteiger partial charge in [-0.3, -0.25) is 9.59 Å². The first-order chi connectivity index (χ1) is 18.7. The van der Waals surface area contributed by atoms with E-state index in [1.807, 2.05) is 25.1 Å². The predicted octanol–water partition coefficient (Wildman–Crippen LogP) is 6.03. The second-order valence-electron chi connectivity index (χ2n) is 9.14. The molecule has 9 heteroatoms. The number of anilines is 2. The van der Waals surface area contributed by atoms with Gasteiger partial charge in [-0.1, -0.05) is 44.5 Å². The minimum Gasteiger partial charge on any atom is -0.462 e. The van der Waals surface area contributed by atoms with Crippen LogP contribution in [-0.4, -0.2) is 30.4 Å². The number of carbonyl (C=O) groups is 4. The number of ether oxygens (including phenoxy) is 2. The van der Waals surface area contributed by atoms with E-state index in [-0.39, 0.29) is 16.4 Å². The van der Waals surface area contributed by atoms with Crippen molar-refractivity contribution in [3.8, 4) is 5.75 Å². The van der Waals surface area contributed by atoms with Gasteiger partial charge in [0.05, 0.1) is 23.4 Å². The van der Waals surface area contributed by atoms with E-state index in [9.17, 15) is 19.2 Å². The van der Waals surface area contributed by atoms with Crippen LogP contribution in [-0.2, 0) is 14.3 Å². The second kappa shape index (κ2) is 12.0. The zero-order chi connectivity index (χ0) is 28.1. The van der Waals surface area contributed by atoms with Gasteiger partial charge in [-0.2, -0.15) is 0 Å². The molecule has 1 aliphatic rings.